The van der Waals surface area contributed by atoms with Gasteiger partial charge in [-0.15, -0.1) is 0 Å². The Kier molecular flexibility index (Phi) is 7.37. The van der Waals surface area contributed by atoms with Crippen LogP contribution in [-0.2, 0) is 4.79 Å². The van der Waals surface area contributed by atoms with Crippen LogP contribution in [0.4, 0.5) is 4.39 Å². The molecule has 1 aromatic rings. The molecule has 2 rings (SSSR count). The number of rotatable bonds is 8. The molecule has 0 spiro atoms. The molecule has 25 heavy (non-hydrogen) atoms. The number of methoxy groups -OCH3 is 1. The Bertz CT molecular complexity index is 598. The number of nitrogens with zero attached hydrogens (tertiary/aromatic N) is 1. The van der Waals surface area contributed by atoms with Crippen molar-refractivity contribution >= 4 is 11.7 Å². The molecule has 6 heteroatoms. The fourth-order valence-corrected chi connectivity index (χ4v) is 3.18. The zero-order valence-electron chi connectivity index (χ0n) is 15.0. The van der Waals surface area contributed by atoms with E-state index in [2.05, 4.69) is 5.32 Å². The number of amides is 1. The van der Waals surface area contributed by atoms with E-state index in [1.807, 2.05) is 11.9 Å². The van der Waals surface area contributed by atoms with Gasteiger partial charge >= 0.3 is 0 Å². The molecule has 0 unspecified atom stereocenters. The Morgan fingerprint density at radius 1 is 1.28 bits per heavy atom. The number of nitrogens with one attached hydrogen (secondary N) is 1. The second-order valence-corrected chi connectivity index (χ2v) is 6.49. The van der Waals surface area contributed by atoms with Crippen molar-refractivity contribution in [2.75, 3.05) is 33.8 Å². The van der Waals surface area contributed by atoms with Crippen molar-refractivity contribution in [2.45, 2.75) is 32.1 Å². The first-order valence-electron chi connectivity index (χ1n) is 8.84. The zero-order valence-corrected chi connectivity index (χ0v) is 15.0. The Morgan fingerprint density at radius 2 is 2.00 bits per heavy atom. The standard InChI is InChI=1S/C19H27FN2O3/c1-21-10-7-14-8-11-22(12-9-14)19(24)6-4-17(23)15-3-5-18(25-2)16(20)13-15/h3,5,13-14,21H,4,6-12H2,1-2H3. The average molecular weight is 350 g/mol. The smallest absolute Gasteiger partial charge is 0.223 e. The molecule has 0 radical (unpaired) electrons. The Labute approximate surface area is 148 Å². The van der Waals surface area contributed by atoms with Crippen LogP contribution in [0.3, 0.4) is 0 Å². The van der Waals surface area contributed by atoms with E-state index in [9.17, 15) is 14.0 Å². The maximum atomic E-state index is 13.7. The van der Waals surface area contributed by atoms with Gasteiger partial charge in [0.1, 0.15) is 0 Å². The van der Waals surface area contributed by atoms with Crippen molar-refractivity contribution < 1.29 is 18.7 Å². The summed E-state index contributed by atoms with van der Waals surface area (Å²) >= 11 is 0. The largest absolute Gasteiger partial charge is 0.494 e. The molecular formula is C19H27FN2O3. The van der Waals surface area contributed by atoms with Gasteiger partial charge < -0.3 is 15.0 Å². The molecule has 1 aliphatic heterocycles. The quantitative estimate of drug-likeness (QED) is 0.732. The van der Waals surface area contributed by atoms with Gasteiger partial charge in [-0.25, -0.2) is 4.39 Å². The molecule has 0 saturated carbocycles. The minimum Gasteiger partial charge on any atom is -0.494 e. The molecule has 1 aliphatic rings. The number of hydrogen-bond donors (Lipinski definition) is 1. The van der Waals surface area contributed by atoms with Crippen LogP contribution in [-0.4, -0.2) is 50.4 Å². The second-order valence-electron chi connectivity index (χ2n) is 6.49. The lowest BCUT2D eigenvalue weighted by atomic mass is 9.93. The van der Waals surface area contributed by atoms with Crippen LogP contribution in [0.1, 0.15) is 42.5 Å². The van der Waals surface area contributed by atoms with Gasteiger partial charge in [-0.1, -0.05) is 0 Å². The van der Waals surface area contributed by atoms with Gasteiger partial charge in [-0.3, -0.25) is 9.59 Å². The third-order valence-corrected chi connectivity index (χ3v) is 4.81. The zero-order chi connectivity index (χ0) is 18.2. The summed E-state index contributed by atoms with van der Waals surface area (Å²) in [4.78, 5) is 26.3. The van der Waals surface area contributed by atoms with E-state index in [-0.39, 0.29) is 35.8 Å². The summed E-state index contributed by atoms with van der Waals surface area (Å²) in [5.41, 5.74) is 0.275. The van der Waals surface area contributed by atoms with Gasteiger partial charge in [0, 0.05) is 31.5 Å². The molecule has 1 N–H and O–H groups in total. The first-order chi connectivity index (χ1) is 12.0. The number of ketones is 1. The number of halogens is 1. The average Bonchev–Trinajstić information content (AvgIpc) is 2.64. The van der Waals surface area contributed by atoms with Crippen molar-refractivity contribution in [3.05, 3.63) is 29.6 Å². The predicted octanol–water partition coefficient (Wildman–Crippen LogP) is 2.65. The number of piperidine rings is 1. The number of carbonyl (C=O) groups excluding carboxylic acids is 2. The number of likely N-dealkylation sites (tertiary alicyclic amines) is 1. The highest BCUT2D eigenvalue weighted by Gasteiger charge is 2.23. The first kappa shape index (κ1) is 19.4. The molecule has 1 aromatic carbocycles. The van der Waals surface area contributed by atoms with E-state index in [1.54, 1.807) is 0 Å². The number of hydrogen-bond acceptors (Lipinski definition) is 4. The van der Waals surface area contributed by atoms with E-state index in [0.717, 1.165) is 38.9 Å². The van der Waals surface area contributed by atoms with Crippen LogP contribution in [0.15, 0.2) is 18.2 Å². The van der Waals surface area contributed by atoms with Crippen LogP contribution < -0.4 is 10.1 Å². The van der Waals surface area contributed by atoms with Gasteiger partial charge in [0.25, 0.3) is 0 Å². The minimum atomic E-state index is -0.566. The molecule has 0 aromatic heterocycles. The summed E-state index contributed by atoms with van der Waals surface area (Å²) in [6.45, 7) is 2.53. The lowest BCUT2D eigenvalue weighted by Crippen LogP contribution is -2.39. The van der Waals surface area contributed by atoms with Gasteiger partial charge in [0.2, 0.25) is 5.91 Å². The van der Waals surface area contributed by atoms with Gasteiger partial charge in [-0.05, 0) is 57.0 Å². The van der Waals surface area contributed by atoms with Gasteiger partial charge in [-0.2, -0.15) is 0 Å². The van der Waals surface area contributed by atoms with Gasteiger partial charge in [0.15, 0.2) is 17.3 Å². The SMILES string of the molecule is CNCCC1CCN(C(=O)CCC(=O)c2ccc(OC)c(F)c2)CC1. The monoisotopic (exact) mass is 350 g/mol. The fourth-order valence-electron chi connectivity index (χ4n) is 3.18. The molecule has 1 saturated heterocycles. The highest BCUT2D eigenvalue weighted by Crippen LogP contribution is 2.22. The summed E-state index contributed by atoms with van der Waals surface area (Å²) in [7, 11) is 3.32. The molecule has 0 bridgehead atoms. The van der Waals surface area contributed by atoms with Gasteiger partial charge in [0.05, 0.1) is 7.11 Å². The van der Waals surface area contributed by atoms with Crippen LogP contribution in [0.2, 0.25) is 0 Å². The van der Waals surface area contributed by atoms with Crippen molar-refractivity contribution in [2.24, 2.45) is 5.92 Å². The lowest BCUT2D eigenvalue weighted by molar-refractivity contribution is -0.132. The van der Waals surface area contributed by atoms with Crippen molar-refractivity contribution in [3.8, 4) is 5.75 Å². The van der Waals surface area contributed by atoms with E-state index in [4.69, 9.17) is 4.74 Å². The van der Waals surface area contributed by atoms with Crippen LogP contribution in [0.25, 0.3) is 0 Å². The number of carbonyl (C=O) groups is 2. The Balaban J connectivity index is 1.78. The molecule has 138 valence electrons. The topological polar surface area (TPSA) is 58.6 Å². The summed E-state index contributed by atoms with van der Waals surface area (Å²) in [5, 5.41) is 3.16. The highest BCUT2D eigenvalue weighted by atomic mass is 19.1. The van der Waals surface area contributed by atoms with Crippen molar-refractivity contribution in [3.63, 3.8) is 0 Å². The number of Topliss-reactive ketones (excluding diaryl/α,β-unsaturated/α-hetero) is 1. The third kappa shape index (κ3) is 5.53. The predicted molar refractivity (Wildman–Crippen MR) is 94.4 cm³/mol. The number of ether oxygens (including phenoxy) is 1. The number of benzene rings is 1. The van der Waals surface area contributed by atoms with E-state index < -0.39 is 5.82 Å². The summed E-state index contributed by atoms with van der Waals surface area (Å²) in [5.74, 6) is -0.00861. The molecule has 0 atom stereocenters. The van der Waals surface area contributed by atoms with E-state index in [1.165, 1.54) is 25.3 Å². The Hall–Kier alpha value is -1.95. The van der Waals surface area contributed by atoms with Crippen molar-refractivity contribution in [1.82, 2.24) is 10.2 Å². The molecule has 1 amide bonds. The summed E-state index contributed by atoms with van der Waals surface area (Å²) in [6.07, 6.45) is 3.45. The van der Waals surface area contributed by atoms with Crippen LogP contribution >= 0.6 is 0 Å². The molecule has 1 fully saturated rings. The lowest BCUT2D eigenvalue weighted by Gasteiger charge is -2.32. The maximum Gasteiger partial charge on any atom is 0.223 e. The third-order valence-electron chi connectivity index (χ3n) is 4.81. The van der Waals surface area contributed by atoms with E-state index in [0.29, 0.717) is 5.92 Å². The first-order valence-corrected chi connectivity index (χ1v) is 8.84. The Morgan fingerprint density at radius 3 is 2.60 bits per heavy atom. The van der Waals surface area contributed by atoms with Crippen LogP contribution in [0.5, 0.6) is 5.75 Å². The van der Waals surface area contributed by atoms with E-state index >= 15 is 0 Å². The molecule has 5 nitrogen and oxygen atoms in total. The van der Waals surface area contributed by atoms with Crippen LogP contribution in [0, 0.1) is 11.7 Å². The normalized spacial score (nSPS) is 15.2. The summed E-state index contributed by atoms with van der Waals surface area (Å²) < 4.78 is 18.5. The van der Waals surface area contributed by atoms with Crippen molar-refractivity contribution in [1.29, 1.82) is 0 Å². The fraction of sp³-hybridized carbons (Fsp3) is 0.579. The molecule has 0 aliphatic carbocycles. The maximum absolute atomic E-state index is 13.7. The molecule has 1 heterocycles. The minimum absolute atomic E-state index is 0.00870. The second kappa shape index (κ2) is 9.51. The highest BCUT2D eigenvalue weighted by molar-refractivity contribution is 5.98. The molecular weight excluding hydrogens is 323 g/mol. The summed E-state index contributed by atoms with van der Waals surface area (Å²) in [6, 6.07) is 4.13.